The van der Waals surface area contributed by atoms with E-state index >= 15 is 0 Å². The van der Waals surface area contributed by atoms with Crippen LogP contribution in [0.25, 0.3) is 0 Å². The van der Waals surface area contributed by atoms with Gasteiger partial charge in [0.15, 0.2) is 0 Å². The van der Waals surface area contributed by atoms with E-state index in [1.165, 1.54) is 44.9 Å². The van der Waals surface area contributed by atoms with Crippen LogP contribution in [0.5, 0.6) is 0 Å². The second-order valence-corrected chi connectivity index (χ2v) is 5.41. The first-order valence-corrected chi connectivity index (χ1v) is 8.26. The zero-order valence-corrected chi connectivity index (χ0v) is 12.9. The lowest BCUT2D eigenvalue weighted by atomic mass is 10.1. The second kappa shape index (κ2) is 14.0. The minimum Gasteiger partial charge on any atom is -0.356 e. The van der Waals surface area contributed by atoms with Crippen LogP contribution in [0.3, 0.4) is 0 Å². The smallest absolute Gasteiger partial charge is 0.219 e. The number of alkyl halides is 1. The van der Waals surface area contributed by atoms with Crippen LogP contribution >= 0.6 is 15.9 Å². The van der Waals surface area contributed by atoms with E-state index in [1.54, 1.807) is 0 Å². The molecule has 0 heterocycles. The van der Waals surface area contributed by atoms with E-state index in [4.69, 9.17) is 0 Å². The molecule has 0 unspecified atom stereocenters. The molecule has 0 aromatic rings. The lowest BCUT2D eigenvalue weighted by molar-refractivity contribution is -0.121. The van der Waals surface area contributed by atoms with E-state index in [1.807, 2.05) is 0 Å². The Morgan fingerprint density at radius 2 is 1.59 bits per heavy atom. The standard InChI is InChI=1S/C14H28BrNO/c1-2-3-4-10-13-16-14(17)11-8-6-5-7-9-12-15/h2-13H2,1H3,(H,16,17). The second-order valence-electron chi connectivity index (χ2n) is 4.62. The Balaban J connectivity index is 3.12. The topological polar surface area (TPSA) is 29.1 Å². The molecule has 0 fully saturated rings. The van der Waals surface area contributed by atoms with Gasteiger partial charge in [0.1, 0.15) is 0 Å². The normalized spacial score (nSPS) is 10.5. The first-order chi connectivity index (χ1) is 8.31. The van der Waals surface area contributed by atoms with Crippen LogP contribution in [0.4, 0.5) is 0 Å². The number of unbranched alkanes of at least 4 members (excludes halogenated alkanes) is 7. The van der Waals surface area contributed by atoms with Gasteiger partial charge in [-0.2, -0.15) is 0 Å². The Hall–Kier alpha value is -0.0500. The molecule has 0 aliphatic heterocycles. The number of nitrogens with one attached hydrogen (secondary N) is 1. The van der Waals surface area contributed by atoms with Gasteiger partial charge in [0.05, 0.1) is 0 Å². The maximum Gasteiger partial charge on any atom is 0.219 e. The average Bonchev–Trinajstić information content (AvgIpc) is 2.33. The van der Waals surface area contributed by atoms with Crippen molar-refractivity contribution in [2.75, 3.05) is 11.9 Å². The van der Waals surface area contributed by atoms with E-state index < -0.39 is 0 Å². The van der Waals surface area contributed by atoms with Crippen LogP contribution in [0, 0.1) is 0 Å². The van der Waals surface area contributed by atoms with Crippen molar-refractivity contribution in [3.8, 4) is 0 Å². The molecule has 0 saturated heterocycles. The molecule has 1 amide bonds. The molecule has 0 aromatic carbocycles. The highest BCUT2D eigenvalue weighted by molar-refractivity contribution is 9.09. The van der Waals surface area contributed by atoms with Crippen molar-refractivity contribution in [3.05, 3.63) is 0 Å². The quantitative estimate of drug-likeness (QED) is 0.420. The van der Waals surface area contributed by atoms with Crippen LogP contribution in [-0.4, -0.2) is 17.8 Å². The van der Waals surface area contributed by atoms with E-state index in [9.17, 15) is 4.79 Å². The fourth-order valence-corrected chi connectivity index (χ4v) is 2.17. The Labute approximate surface area is 115 Å². The van der Waals surface area contributed by atoms with E-state index in [2.05, 4.69) is 28.2 Å². The third-order valence-electron chi connectivity index (χ3n) is 2.89. The van der Waals surface area contributed by atoms with Gasteiger partial charge in [-0.15, -0.1) is 0 Å². The van der Waals surface area contributed by atoms with Gasteiger partial charge in [-0.05, 0) is 19.3 Å². The number of halogens is 1. The van der Waals surface area contributed by atoms with Gasteiger partial charge in [-0.3, -0.25) is 4.79 Å². The van der Waals surface area contributed by atoms with E-state index in [-0.39, 0.29) is 5.91 Å². The van der Waals surface area contributed by atoms with Crippen molar-refractivity contribution >= 4 is 21.8 Å². The average molecular weight is 306 g/mol. The third-order valence-corrected chi connectivity index (χ3v) is 3.45. The van der Waals surface area contributed by atoms with Gasteiger partial charge < -0.3 is 5.32 Å². The van der Waals surface area contributed by atoms with Gasteiger partial charge in [0.2, 0.25) is 5.91 Å². The summed E-state index contributed by atoms with van der Waals surface area (Å²) in [6.45, 7) is 3.07. The monoisotopic (exact) mass is 305 g/mol. The Morgan fingerprint density at radius 1 is 0.941 bits per heavy atom. The Bertz CT molecular complexity index is 174. The third kappa shape index (κ3) is 13.9. The molecule has 0 aromatic heterocycles. The van der Waals surface area contributed by atoms with Gasteiger partial charge in [-0.1, -0.05) is 61.4 Å². The summed E-state index contributed by atoms with van der Waals surface area (Å²) in [5.74, 6) is 0.238. The molecule has 0 saturated carbocycles. The predicted molar refractivity (Wildman–Crippen MR) is 78.6 cm³/mol. The zero-order chi connectivity index (χ0) is 12.8. The first-order valence-electron chi connectivity index (χ1n) is 7.14. The maximum absolute atomic E-state index is 11.4. The summed E-state index contributed by atoms with van der Waals surface area (Å²) >= 11 is 3.42. The number of hydrogen-bond acceptors (Lipinski definition) is 1. The molecule has 0 rings (SSSR count). The van der Waals surface area contributed by atoms with Crippen LogP contribution in [-0.2, 0) is 4.79 Å². The molecule has 17 heavy (non-hydrogen) atoms. The fraction of sp³-hybridized carbons (Fsp3) is 0.929. The van der Waals surface area contributed by atoms with E-state index in [0.29, 0.717) is 6.42 Å². The van der Waals surface area contributed by atoms with Crippen LogP contribution in [0.2, 0.25) is 0 Å². The van der Waals surface area contributed by atoms with Gasteiger partial charge in [-0.25, -0.2) is 0 Å². The first kappa shape index (κ1) is 16.9. The van der Waals surface area contributed by atoms with Gasteiger partial charge >= 0.3 is 0 Å². The predicted octanol–water partition coefficient (Wildman–Crippen LogP) is 4.42. The number of amides is 1. The molecule has 0 aliphatic rings. The summed E-state index contributed by atoms with van der Waals surface area (Å²) in [7, 11) is 0. The minimum absolute atomic E-state index is 0.238. The van der Waals surface area contributed by atoms with Crippen molar-refractivity contribution < 1.29 is 4.79 Å². The molecular formula is C14H28BrNO. The van der Waals surface area contributed by atoms with E-state index in [0.717, 1.165) is 24.7 Å². The molecule has 0 atom stereocenters. The molecule has 0 radical (unpaired) electrons. The van der Waals surface area contributed by atoms with Gasteiger partial charge in [0, 0.05) is 18.3 Å². The summed E-state index contributed by atoms with van der Waals surface area (Å²) < 4.78 is 0. The van der Waals surface area contributed by atoms with Crippen LogP contribution in [0.1, 0.15) is 71.1 Å². The Kier molecular flexibility index (Phi) is 14.0. The highest BCUT2D eigenvalue weighted by Gasteiger charge is 1.99. The van der Waals surface area contributed by atoms with Crippen molar-refractivity contribution in [2.45, 2.75) is 71.1 Å². The number of rotatable bonds is 12. The minimum atomic E-state index is 0.238. The molecular weight excluding hydrogens is 278 g/mol. The molecule has 0 aliphatic carbocycles. The molecule has 102 valence electrons. The summed E-state index contributed by atoms with van der Waals surface area (Å²) in [5, 5.41) is 4.10. The lowest BCUT2D eigenvalue weighted by Gasteiger charge is -2.04. The van der Waals surface area contributed by atoms with Crippen molar-refractivity contribution in [1.29, 1.82) is 0 Å². The van der Waals surface area contributed by atoms with Crippen LogP contribution < -0.4 is 5.32 Å². The highest BCUT2D eigenvalue weighted by Crippen LogP contribution is 2.06. The number of carbonyl (C=O) groups is 1. The summed E-state index contributed by atoms with van der Waals surface area (Å²) in [6.07, 6.45) is 11.6. The Morgan fingerprint density at radius 3 is 2.29 bits per heavy atom. The SMILES string of the molecule is CCCCCCNC(=O)CCCCCCCBr. The molecule has 2 nitrogen and oxygen atoms in total. The highest BCUT2D eigenvalue weighted by atomic mass is 79.9. The summed E-state index contributed by atoms with van der Waals surface area (Å²) in [4.78, 5) is 11.4. The van der Waals surface area contributed by atoms with Crippen molar-refractivity contribution in [3.63, 3.8) is 0 Å². The fourth-order valence-electron chi connectivity index (χ4n) is 1.78. The number of hydrogen-bond donors (Lipinski definition) is 1. The maximum atomic E-state index is 11.4. The molecule has 1 N–H and O–H groups in total. The van der Waals surface area contributed by atoms with Gasteiger partial charge in [0.25, 0.3) is 0 Å². The van der Waals surface area contributed by atoms with Crippen molar-refractivity contribution in [1.82, 2.24) is 5.32 Å². The largest absolute Gasteiger partial charge is 0.356 e. The number of carbonyl (C=O) groups excluding carboxylic acids is 1. The zero-order valence-electron chi connectivity index (χ0n) is 11.3. The van der Waals surface area contributed by atoms with Crippen LogP contribution in [0.15, 0.2) is 0 Å². The summed E-state index contributed by atoms with van der Waals surface area (Å²) in [5.41, 5.74) is 0. The lowest BCUT2D eigenvalue weighted by Crippen LogP contribution is -2.23. The molecule has 0 spiro atoms. The summed E-state index contributed by atoms with van der Waals surface area (Å²) in [6, 6.07) is 0. The van der Waals surface area contributed by atoms with Crippen molar-refractivity contribution in [2.24, 2.45) is 0 Å². The molecule has 3 heteroatoms. The molecule has 0 bridgehead atoms.